The van der Waals surface area contributed by atoms with Gasteiger partial charge in [-0.1, -0.05) is 24.3 Å². The first-order chi connectivity index (χ1) is 9.20. The van der Waals surface area contributed by atoms with Gasteiger partial charge in [-0.05, 0) is 29.8 Å². The number of hydrogen-bond acceptors (Lipinski definition) is 3. The maximum Gasteiger partial charge on any atom is 0.255 e. The van der Waals surface area contributed by atoms with Gasteiger partial charge >= 0.3 is 0 Å². The van der Waals surface area contributed by atoms with Gasteiger partial charge in [0.25, 0.3) is 5.91 Å². The van der Waals surface area contributed by atoms with Crippen molar-refractivity contribution in [3.05, 3.63) is 65.2 Å². The standard InChI is InChI=1S/C15H12N2O2/c16-9-11-4-3-5-12(8-11)10-17-15(19)13-6-1-2-7-14(13)18/h1-8,18H,10H2,(H,17,19). The van der Waals surface area contributed by atoms with Crippen molar-refractivity contribution in [2.75, 3.05) is 0 Å². The molecule has 2 aromatic rings. The molecule has 0 radical (unpaired) electrons. The minimum atomic E-state index is -0.347. The summed E-state index contributed by atoms with van der Waals surface area (Å²) >= 11 is 0. The van der Waals surface area contributed by atoms with Crippen LogP contribution in [0.2, 0.25) is 0 Å². The molecule has 0 saturated carbocycles. The number of amides is 1. The number of hydrogen-bond donors (Lipinski definition) is 2. The summed E-state index contributed by atoms with van der Waals surface area (Å²) < 4.78 is 0. The average Bonchev–Trinajstić information content (AvgIpc) is 2.45. The number of para-hydroxylation sites is 1. The van der Waals surface area contributed by atoms with E-state index in [0.29, 0.717) is 12.1 Å². The molecule has 0 aliphatic heterocycles. The molecule has 19 heavy (non-hydrogen) atoms. The Morgan fingerprint density at radius 3 is 2.74 bits per heavy atom. The molecule has 2 N–H and O–H groups in total. The number of nitrogens with zero attached hydrogens (tertiary/aromatic N) is 1. The van der Waals surface area contributed by atoms with Crippen LogP contribution in [0.3, 0.4) is 0 Å². The summed E-state index contributed by atoms with van der Waals surface area (Å²) in [5.74, 6) is -0.397. The summed E-state index contributed by atoms with van der Waals surface area (Å²) in [6.45, 7) is 0.308. The number of nitriles is 1. The fourth-order valence-electron chi connectivity index (χ4n) is 1.69. The van der Waals surface area contributed by atoms with Gasteiger partial charge in [0.1, 0.15) is 5.75 Å². The lowest BCUT2D eigenvalue weighted by Gasteiger charge is -2.07. The number of carbonyl (C=O) groups is 1. The molecule has 4 nitrogen and oxygen atoms in total. The van der Waals surface area contributed by atoms with E-state index < -0.39 is 0 Å². The van der Waals surface area contributed by atoms with E-state index in [9.17, 15) is 9.90 Å². The van der Waals surface area contributed by atoms with Crippen LogP contribution in [0.15, 0.2) is 48.5 Å². The molecule has 0 aliphatic rings. The van der Waals surface area contributed by atoms with E-state index in [1.54, 1.807) is 36.4 Å². The second kappa shape index (κ2) is 5.69. The zero-order valence-electron chi connectivity index (χ0n) is 10.1. The van der Waals surface area contributed by atoms with E-state index in [4.69, 9.17) is 5.26 Å². The lowest BCUT2D eigenvalue weighted by atomic mass is 10.1. The Kier molecular flexibility index (Phi) is 3.79. The highest BCUT2D eigenvalue weighted by atomic mass is 16.3. The van der Waals surface area contributed by atoms with Gasteiger partial charge < -0.3 is 10.4 Å². The molecule has 2 rings (SSSR count). The van der Waals surface area contributed by atoms with Gasteiger partial charge in [0.15, 0.2) is 0 Å². The third-order valence-electron chi connectivity index (χ3n) is 2.66. The Bertz CT molecular complexity index is 645. The summed E-state index contributed by atoms with van der Waals surface area (Å²) in [6.07, 6.45) is 0. The van der Waals surface area contributed by atoms with Gasteiger partial charge in [0, 0.05) is 6.54 Å². The van der Waals surface area contributed by atoms with Gasteiger partial charge in [0.2, 0.25) is 0 Å². The van der Waals surface area contributed by atoms with E-state index in [-0.39, 0.29) is 17.2 Å². The molecule has 1 amide bonds. The lowest BCUT2D eigenvalue weighted by molar-refractivity contribution is 0.0948. The summed E-state index contributed by atoms with van der Waals surface area (Å²) in [5.41, 5.74) is 1.62. The maximum atomic E-state index is 11.9. The van der Waals surface area contributed by atoms with Crippen LogP contribution in [-0.2, 0) is 6.54 Å². The van der Waals surface area contributed by atoms with Crippen molar-refractivity contribution in [2.45, 2.75) is 6.54 Å². The van der Waals surface area contributed by atoms with E-state index in [0.717, 1.165) is 5.56 Å². The van der Waals surface area contributed by atoms with Crippen LogP contribution in [0.25, 0.3) is 0 Å². The first-order valence-electron chi connectivity index (χ1n) is 5.76. The fraction of sp³-hybridized carbons (Fsp3) is 0.0667. The first kappa shape index (κ1) is 12.7. The molecule has 4 heteroatoms. The average molecular weight is 252 g/mol. The highest BCUT2D eigenvalue weighted by molar-refractivity contribution is 5.96. The van der Waals surface area contributed by atoms with Gasteiger partial charge in [-0.3, -0.25) is 4.79 Å². The topological polar surface area (TPSA) is 73.1 Å². The number of benzene rings is 2. The fourth-order valence-corrected chi connectivity index (χ4v) is 1.69. The van der Waals surface area contributed by atoms with Crippen molar-refractivity contribution in [1.82, 2.24) is 5.32 Å². The normalized spacial score (nSPS) is 9.63. The van der Waals surface area contributed by atoms with E-state index in [1.807, 2.05) is 12.1 Å². The highest BCUT2D eigenvalue weighted by Gasteiger charge is 2.09. The Morgan fingerprint density at radius 1 is 1.21 bits per heavy atom. The molecule has 0 aliphatic carbocycles. The minimum Gasteiger partial charge on any atom is -0.507 e. The third-order valence-corrected chi connectivity index (χ3v) is 2.66. The van der Waals surface area contributed by atoms with Crippen molar-refractivity contribution >= 4 is 5.91 Å². The number of rotatable bonds is 3. The van der Waals surface area contributed by atoms with Gasteiger partial charge in [-0.25, -0.2) is 0 Å². The maximum absolute atomic E-state index is 11.9. The largest absolute Gasteiger partial charge is 0.507 e. The SMILES string of the molecule is N#Cc1cccc(CNC(=O)c2ccccc2O)c1. The Labute approximate surface area is 110 Å². The zero-order chi connectivity index (χ0) is 13.7. The molecule has 0 fully saturated rings. The second-order valence-corrected chi connectivity index (χ2v) is 4.01. The number of nitrogens with one attached hydrogen (secondary N) is 1. The molecule has 0 bridgehead atoms. The Hall–Kier alpha value is -2.80. The summed E-state index contributed by atoms with van der Waals surface area (Å²) in [4.78, 5) is 11.9. The Morgan fingerprint density at radius 2 is 2.00 bits per heavy atom. The quantitative estimate of drug-likeness (QED) is 0.879. The molecule has 0 spiro atoms. The van der Waals surface area contributed by atoms with Crippen LogP contribution in [0.4, 0.5) is 0 Å². The van der Waals surface area contributed by atoms with Crippen molar-refractivity contribution in [3.63, 3.8) is 0 Å². The van der Waals surface area contributed by atoms with E-state index >= 15 is 0 Å². The van der Waals surface area contributed by atoms with Crippen LogP contribution >= 0.6 is 0 Å². The number of phenolic OH excluding ortho intramolecular Hbond substituents is 1. The number of carbonyl (C=O) groups excluding carboxylic acids is 1. The van der Waals surface area contributed by atoms with Gasteiger partial charge in [-0.15, -0.1) is 0 Å². The smallest absolute Gasteiger partial charge is 0.255 e. The predicted molar refractivity (Wildman–Crippen MR) is 70.4 cm³/mol. The van der Waals surface area contributed by atoms with Crippen LogP contribution in [0.5, 0.6) is 5.75 Å². The summed E-state index contributed by atoms with van der Waals surface area (Å²) in [5, 5.41) is 21.0. The zero-order valence-corrected chi connectivity index (χ0v) is 10.1. The lowest BCUT2D eigenvalue weighted by Crippen LogP contribution is -2.22. The molecular weight excluding hydrogens is 240 g/mol. The molecular formula is C15H12N2O2. The predicted octanol–water partition coefficient (Wildman–Crippen LogP) is 2.19. The van der Waals surface area contributed by atoms with Gasteiger partial charge in [-0.2, -0.15) is 5.26 Å². The third kappa shape index (κ3) is 3.11. The van der Waals surface area contributed by atoms with Gasteiger partial charge in [0.05, 0.1) is 17.2 Å². The monoisotopic (exact) mass is 252 g/mol. The molecule has 94 valence electrons. The molecule has 0 aromatic heterocycles. The molecule has 0 unspecified atom stereocenters. The van der Waals surface area contributed by atoms with Crippen molar-refractivity contribution in [2.24, 2.45) is 0 Å². The van der Waals surface area contributed by atoms with Crippen molar-refractivity contribution in [1.29, 1.82) is 5.26 Å². The second-order valence-electron chi connectivity index (χ2n) is 4.01. The molecule has 0 atom stereocenters. The summed E-state index contributed by atoms with van der Waals surface area (Å²) in [7, 11) is 0. The summed E-state index contributed by atoms with van der Waals surface area (Å²) in [6, 6.07) is 15.4. The first-order valence-corrected chi connectivity index (χ1v) is 5.76. The van der Waals surface area contributed by atoms with Crippen molar-refractivity contribution in [3.8, 4) is 11.8 Å². The molecule has 0 saturated heterocycles. The number of phenols is 1. The van der Waals surface area contributed by atoms with E-state index in [1.165, 1.54) is 6.07 Å². The Balaban J connectivity index is 2.05. The molecule has 2 aromatic carbocycles. The van der Waals surface area contributed by atoms with Crippen LogP contribution < -0.4 is 5.32 Å². The van der Waals surface area contributed by atoms with Crippen LogP contribution in [-0.4, -0.2) is 11.0 Å². The van der Waals surface area contributed by atoms with Crippen molar-refractivity contribution < 1.29 is 9.90 Å². The molecule has 0 heterocycles. The minimum absolute atomic E-state index is 0.0502. The number of aromatic hydroxyl groups is 1. The highest BCUT2D eigenvalue weighted by Crippen LogP contribution is 2.15. The van der Waals surface area contributed by atoms with E-state index in [2.05, 4.69) is 5.32 Å². The van der Waals surface area contributed by atoms with Crippen LogP contribution in [0.1, 0.15) is 21.5 Å². The van der Waals surface area contributed by atoms with Crippen LogP contribution in [0, 0.1) is 11.3 Å².